The highest BCUT2D eigenvalue weighted by Crippen LogP contribution is 2.35. The second-order valence-corrected chi connectivity index (χ2v) is 5.40. The zero-order chi connectivity index (χ0) is 14.9. The molecule has 0 bridgehead atoms. The van der Waals surface area contributed by atoms with E-state index < -0.39 is 0 Å². The van der Waals surface area contributed by atoms with Crippen LogP contribution in [0.4, 0.5) is 0 Å². The molecule has 0 N–H and O–H groups in total. The summed E-state index contributed by atoms with van der Waals surface area (Å²) in [6.07, 6.45) is 6.85. The molecular formula is C15H8N6S. The molecule has 0 fully saturated rings. The molecule has 0 radical (unpaired) electrons. The third-order valence-electron chi connectivity index (χ3n) is 3.29. The van der Waals surface area contributed by atoms with E-state index in [1.807, 2.05) is 21.9 Å². The predicted molar refractivity (Wildman–Crippen MR) is 82.0 cm³/mol. The quantitative estimate of drug-likeness (QED) is 0.569. The highest BCUT2D eigenvalue weighted by molar-refractivity contribution is 7.13. The van der Waals surface area contributed by atoms with E-state index in [0.29, 0.717) is 17.0 Å². The molecule has 6 nitrogen and oxygen atoms in total. The summed E-state index contributed by atoms with van der Waals surface area (Å²) in [6, 6.07) is 7.78. The van der Waals surface area contributed by atoms with Gasteiger partial charge in [-0.05, 0) is 6.07 Å². The van der Waals surface area contributed by atoms with E-state index in [1.54, 1.807) is 30.9 Å². The minimum atomic E-state index is 0.568. The largest absolute Gasteiger partial charge is 0.280 e. The predicted octanol–water partition coefficient (Wildman–Crippen LogP) is 2.79. The van der Waals surface area contributed by atoms with Gasteiger partial charge in [0.2, 0.25) is 0 Å². The zero-order valence-corrected chi connectivity index (χ0v) is 12.0. The Morgan fingerprint density at radius 1 is 1.18 bits per heavy atom. The topological polar surface area (TPSA) is 79.8 Å². The lowest BCUT2D eigenvalue weighted by molar-refractivity contribution is 1.11. The number of nitrogens with zero attached hydrogens (tertiary/aromatic N) is 6. The van der Waals surface area contributed by atoms with Crippen LogP contribution in [0.5, 0.6) is 0 Å². The van der Waals surface area contributed by atoms with Gasteiger partial charge in [0.25, 0.3) is 0 Å². The SMILES string of the molecule is N#Cc1cccc(-c2nnc3cnccn23)c1-c1nccs1. The van der Waals surface area contributed by atoms with Gasteiger partial charge in [0, 0.05) is 35.1 Å². The third kappa shape index (κ3) is 1.86. The normalized spacial score (nSPS) is 10.7. The van der Waals surface area contributed by atoms with Crippen LogP contribution in [0.25, 0.3) is 27.6 Å². The van der Waals surface area contributed by atoms with Crippen LogP contribution >= 0.6 is 11.3 Å². The molecule has 104 valence electrons. The summed E-state index contributed by atoms with van der Waals surface area (Å²) in [7, 11) is 0. The van der Waals surface area contributed by atoms with Crippen molar-refractivity contribution in [1.29, 1.82) is 5.26 Å². The van der Waals surface area contributed by atoms with Crippen LogP contribution in [0.3, 0.4) is 0 Å². The molecule has 1 aromatic carbocycles. The Labute approximate surface area is 129 Å². The second kappa shape index (κ2) is 5.02. The maximum atomic E-state index is 9.43. The summed E-state index contributed by atoms with van der Waals surface area (Å²) in [4.78, 5) is 8.38. The average molecular weight is 304 g/mol. The molecule has 0 aliphatic carbocycles. The molecule has 7 heteroatoms. The Hall–Kier alpha value is -3.11. The van der Waals surface area contributed by atoms with Crippen molar-refractivity contribution in [2.75, 3.05) is 0 Å². The first-order valence-electron chi connectivity index (χ1n) is 6.46. The number of nitriles is 1. The van der Waals surface area contributed by atoms with Crippen LogP contribution in [-0.2, 0) is 0 Å². The molecule has 4 rings (SSSR count). The summed E-state index contributed by atoms with van der Waals surface area (Å²) in [5, 5.41) is 20.5. The monoisotopic (exact) mass is 304 g/mol. The average Bonchev–Trinajstić information content (AvgIpc) is 3.23. The minimum absolute atomic E-state index is 0.568. The summed E-state index contributed by atoms with van der Waals surface area (Å²) >= 11 is 1.49. The highest BCUT2D eigenvalue weighted by atomic mass is 32.1. The van der Waals surface area contributed by atoms with Gasteiger partial charge in [0.1, 0.15) is 5.01 Å². The second-order valence-electron chi connectivity index (χ2n) is 4.51. The third-order valence-corrected chi connectivity index (χ3v) is 4.08. The van der Waals surface area contributed by atoms with E-state index in [0.717, 1.165) is 16.1 Å². The molecule has 0 amide bonds. The van der Waals surface area contributed by atoms with E-state index in [9.17, 15) is 5.26 Å². The lowest BCUT2D eigenvalue weighted by Gasteiger charge is -2.07. The van der Waals surface area contributed by atoms with E-state index in [4.69, 9.17) is 0 Å². The van der Waals surface area contributed by atoms with Gasteiger partial charge in [0.15, 0.2) is 11.5 Å². The van der Waals surface area contributed by atoms with Crippen LogP contribution < -0.4 is 0 Å². The number of fused-ring (bicyclic) bond motifs is 1. The fraction of sp³-hybridized carbons (Fsp3) is 0. The van der Waals surface area contributed by atoms with Crippen LogP contribution in [0, 0.1) is 11.3 Å². The molecule has 0 atom stereocenters. The van der Waals surface area contributed by atoms with Crippen LogP contribution in [-0.4, -0.2) is 24.6 Å². The van der Waals surface area contributed by atoms with Crippen molar-refractivity contribution in [3.05, 3.63) is 53.9 Å². The van der Waals surface area contributed by atoms with Crippen LogP contribution in [0.15, 0.2) is 48.4 Å². The van der Waals surface area contributed by atoms with Gasteiger partial charge >= 0.3 is 0 Å². The van der Waals surface area contributed by atoms with Crippen LogP contribution in [0.2, 0.25) is 0 Å². The standard InChI is InChI=1S/C15H8N6S/c16-8-10-2-1-3-11(13(10)15-18-5-7-22-15)14-20-19-12-9-17-4-6-21(12)14/h1-7,9H. The smallest absolute Gasteiger partial charge is 0.179 e. The molecule has 0 spiro atoms. The minimum Gasteiger partial charge on any atom is -0.280 e. The summed E-state index contributed by atoms with van der Waals surface area (Å²) in [5.41, 5.74) is 2.84. The van der Waals surface area contributed by atoms with E-state index in [1.165, 1.54) is 11.3 Å². The van der Waals surface area contributed by atoms with Crippen LogP contribution in [0.1, 0.15) is 5.56 Å². The lowest BCUT2D eigenvalue weighted by Crippen LogP contribution is -1.94. The fourth-order valence-corrected chi connectivity index (χ4v) is 3.06. The van der Waals surface area contributed by atoms with Gasteiger partial charge in [-0.1, -0.05) is 12.1 Å². The Kier molecular flexibility index (Phi) is 2.88. The zero-order valence-electron chi connectivity index (χ0n) is 11.2. The molecule has 3 aromatic heterocycles. The molecule has 4 aromatic rings. The first kappa shape index (κ1) is 12.6. The number of hydrogen-bond donors (Lipinski definition) is 0. The van der Waals surface area contributed by atoms with E-state index >= 15 is 0 Å². The van der Waals surface area contributed by atoms with Crippen molar-refractivity contribution in [2.45, 2.75) is 0 Å². The molecule has 0 saturated heterocycles. The van der Waals surface area contributed by atoms with Gasteiger partial charge in [-0.2, -0.15) is 5.26 Å². The first-order valence-corrected chi connectivity index (χ1v) is 7.34. The molecule has 22 heavy (non-hydrogen) atoms. The number of hydrogen-bond acceptors (Lipinski definition) is 6. The molecule has 0 aliphatic heterocycles. The van der Waals surface area contributed by atoms with Crippen molar-refractivity contribution >= 4 is 17.0 Å². The van der Waals surface area contributed by atoms with Crippen molar-refractivity contribution in [3.8, 4) is 28.0 Å². The van der Waals surface area contributed by atoms with E-state index in [-0.39, 0.29) is 0 Å². The number of benzene rings is 1. The summed E-state index contributed by atoms with van der Waals surface area (Å²) in [6.45, 7) is 0. The van der Waals surface area contributed by atoms with E-state index in [2.05, 4.69) is 26.2 Å². The van der Waals surface area contributed by atoms with Crippen molar-refractivity contribution in [1.82, 2.24) is 24.6 Å². The number of rotatable bonds is 2. The summed E-state index contributed by atoms with van der Waals surface area (Å²) in [5.74, 6) is 0.666. The maximum Gasteiger partial charge on any atom is 0.179 e. The lowest BCUT2D eigenvalue weighted by atomic mass is 10.0. The fourth-order valence-electron chi connectivity index (χ4n) is 2.35. The molecular weight excluding hydrogens is 296 g/mol. The molecule has 3 heterocycles. The summed E-state index contributed by atoms with van der Waals surface area (Å²) < 4.78 is 1.85. The Bertz CT molecular complexity index is 996. The van der Waals surface area contributed by atoms with Crippen molar-refractivity contribution < 1.29 is 0 Å². The Morgan fingerprint density at radius 3 is 2.95 bits per heavy atom. The molecule has 0 saturated carbocycles. The van der Waals surface area contributed by atoms with Gasteiger partial charge in [-0.3, -0.25) is 9.38 Å². The van der Waals surface area contributed by atoms with Gasteiger partial charge < -0.3 is 0 Å². The van der Waals surface area contributed by atoms with Gasteiger partial charge in [-0.15, -0.1) is 21.5 Å². The number of thiazole rings is 1. The maximum absolute atomic E-state index is 9.43. The number of aromatic nitrogens is 5. The molecule has 0 aliphatic rings. The highest BCUT2D eigenvalue weighted by Gasteiger charge is 2.18. The Balaban J connectivity index is 2.06. The Morgan fingerprint density at radius 2 is 2.14 bits per heavy atom. The first-order chi connectivity index (χ1) is 10.9. The van der Waals surface area contributed by atoms with Crippen molar-refractivity contribution in [2.24, 2.45) is 0 Å². The van der Waals surface area contributed by atoms with Gasteiger partial charge in [-0.25, -0.2) is 4.98 Å². The van der Waals surface area contributed by atoms with Gasteiger partial charge in [0.05, 0.1) is 17.8 Å². The molecule has 0 unspecified atom stereocenters. The van der Waals surface area contributed by atoms with Crippen molar-refractivity contribution in [3.63, 3.8) is 0 Å².